The van der Waals surface area contributed by atoms with E-state index < -0.39 is 0 Å². The highest BCUT2D eigenvalue weighted by atomic mass is 16.2. The summed E-state index contributed by atoms with van der Waals surface area (Å²) < 4.78 is 0. The molecule has 1 aliphatic heterocycles. The lowest BCUT2D eigenvalue weighted by atomic mass is 10.0. The third-order valence-electron chi connectivity index (χ3n) is 4.02. The van der Waals surface area contributed by atoms with Gasteiger partial charge in [-0.15, -0.1) is 0 Å². The Kier molecular flexibility index (Phi) is 4.59. The zero-order valence-electron chi connectivity index (χ0n) is 12.2. The maximum absolute atomic E-state index is 12.2. The second kappa shape index (κ2) is 6.20. The van der Waals surface area contributed by atoms with Crippen LogP contribution >= 0.6 is 0 Å². The van der Waals surface area contributed by atoms with Gasteiger partial charge in [0.2, 0.25) is 5.91 Å². The highest BCUT2D eigenvalue weighted by Crippen LogP contribution is 2.14. The first-order chi connectivity index (χ1) is 9.09. The second-order valence-corrected chi connectivity index (χ2v) is 5.51. The van der Waals surface area contributed by atoms with Crippen LogP contribution in [0.3, 0.4) is 0 Å². The zero-order valence-corrected chi connectivity index (χ0v) is 12.2. The Balaban J connectivity index is 1.92. The quantitative estimate of drug-likeness (QED) is 0.901. The molecule has 1 aromatic rings. The molecule has 0 radical (unpaired) electrons. The van der Waals surface area contributed by atoms with Crippen LogP contribution in [0.4, 0.5) is 0 Å². The van der Waals surface area contributed by atoms with E-state index in [1.54, 1.807) is 0 Å². The van der Waals surface area contributed by atoms with Gasteiger partial charge in [0.05, 0.1) is 6.04 Å². The van der Waals surface area contributed by atoms with Gasteiger partial charge in [-0.3, -0.25) is 4.79 Å². The van der Waals surface area contributed by atoms with E-state index in [-0.39, 0.29) is 11.9 Å². The first kappa shape index (κ1) is 14.1. The van der Waals surface area contributed by atoms with E-state index in [0.717, 1.165) is 32.5 Å². The van der Waals surface area contributed by atoms with Crippen molar-refractivity contribution in [2.75, 3.05) is 13.1 Å². The molecular formula is C16H24N2O. The minimum absolute atomic E-state index is 0.0999. The van der Waals surface area contributed by atoms with Gasteiger partial charge in [-0.2, -0.15) is 0 Å². The number of aryl methyl sites for hydroxylation is 2. The Morgan fingerprint density at radius 3 is 2.42 bits per heavy atom. The lowest BCUT2D eigenvalue weighted by Gasteiger charge is -2.22. The average Bonchev–Trinajstić information content (AvgIpc) is 2.90. The van der Waals surface area contributed by atoms with E-state index in [1.807, 2.05) is 11.8 Å². The molecule has 0 aliphatic carbocycles. The number of nitrogens with zero attached hydrogens (tertiary/aromatic N) is 1. The van der Waals surface area contributed by atoms with Gasteiger partial charge >= 0.3 is 0 Å². The smallest absolute Gasteiger partial charge is 0.239 e. The molecule has 3 nitrogen and oxygen atoms in total. The minimum atomic E-state index is -0.0999. The molecule has 1 atom stereocenters. The molecule has 1 heterocycles. The molecule has 104 valence electrons. The van der Waals surface area contributed by atoms with Crippen molar-refractivity contribution in [1.29, 1.82) is 0 Å². The fraction of sp³-hybridized carbons (Fsp3) is 0.562. The first-order valence-electron chi connectivity index (χ1n) is 7.17. The molecule has 3 heteroatoms. The molecule has 19 heavy (non-hydrogen) atoms. The van der Waals surface area contributed by atoms with Gasteiger partial charge in [0, 0.05) is 19.6 Å². The fourth-order valence-corrected chi connectivity index (χ4v) is 2.68. The standard InChI is InChI=1S/C16H24N2O/c1-12-7-6-8-13(2)15(12)11-17-14(3)16(19)18-9-4-5-10-18/h6-8,14,17H,4-5,9-11H2,1-3H3. The molecule has 0 bridgehead atoms. The van der Waals surface area contributed by atoms with Crippen molar-refractivity contribution in [3.05, 3.63) is 34.9 Å². The Morgan fingerprint density at radius 2 is 1.84 bits per heavy atom. The average molecular weight is 260 g/mol. The largest absolute Gasteiger partial charge is 0.341 e. The van der Waals surface area contributed by atoms with Crippen LogP contribution in [0.1, 0.15) is 36.5 Å². The first-order valence-corrected chi connectivity index (χ1v) is 7.17. The molecule has 1 saturated heterocycles. The van der Waals surface area contributed by atoms with Crippen molar-refractivity contribution in [2.24, 2.45) is 0 Å². The zero-order chi connectivity index (χ0) is 13.8. The van der Waals surface area contributed by atoms with Gasteiger partial charge in [-0.05, 0) is 50.3 Å². The lowest BCUT2D eigenvalue weighted by Crippen LogP contribution is -2.43. The number of carbonyl (C=O) groups is 1. The summed E-state index contributed by atoms with van der Waals surface area (Å²) in [4.78, 5) is 14.2. The van der Waals surface area contributed by atoms with Crippen molar-refractivity contribution in [3.63, 3.8) is 0 Å². The molecular weight excluding hydrogens is 236 g/mol. The van der Waals surface area contributed by atoms with Crippen molar-refractivity contribution in [3.8, 4) is 0 Å². The molecule has 1 aromatic carbocycles. The normalized spacial score (nSPS) is 16.7. The van der Waals surface area contributed by atoms with Gasteiger partial charge in [0.1, 0.15) is 0 Å². The van der Waals surface area contributed by atoms with Gasteiger partial charge in [0.15, 0.2) is 0 Å². The van der Waals surface area contributed by atoms with Gasteiger partial charge in [-0.1, -0.05) is 18.2 Å². The van der Waals surface area contributed by atoms with Crippen LogP contribution in [-0.4, -0.2) is 29.9 Å². The summed E-state index contributed by atoms with van der Waals surface area (Å²) >= 11 is 0. The SMILES string of the molecule is Cc1cccc(C)c1CNC(C)C(=O)N1CCCC1. The Labute approximate surface area is 116 Å². The third kappa shape index (κ3) is 3.35. The number of nitrogens with one attached hydrogen (secondary N) is 1. The van der Waals surface area contributed by atoms with E-state index in [9.17, 15) is 4.79 Å². The molecule has 1 aliphatic rings. The summed E-state index contributed by atoms with van der Waals surface area (Å²) in [5.41, 5.74) is 3.88. The Bertz CT molecular complexity index is 430. The highest BCUT2D eigenvalue weighted by Gasteiger charge is 2.22. The number of rotatable bonds is 4. The summed E-state index contributed by atoms with van der Waals surface area (Å²) in [5, 5.41) is 3.37. The molecule has 1 fully saturated rings. The van der Waals surface area contributed by atoms with Gasteiger partial charge < -0.3 is 10.2 Å². The molecule has 1 N–H and O–H groups in total. The van der Waals surface area contributed by atoms with E-state index in [1.165, 1.54) is 16.7 Å². The van der Waals surface area contributed by atoms with Crippen LogP contribution in [0, 0.1) is 13.8 Å². The van der Waals surface area contributed by atoms with Gasteiger partial charge in [0.25, 0.3) is 0 Å². The van der Waals surface area contributed by atoms with Crippen LogP contribution in [0.5, 0.6) is 0 Å². The summed E-state index contributed by atoms with van der Waals surface area (Å²) in [5.74, 6) is 0.240. The lowest BCUT2D eigenvalue weighted by molar-refractivity contribution is -0.131. The Morgan fingerprint density at radius 1 is 1.26 bits per heavy atom. The molecule has 1 amide bonds. The Hall–Kier alpha value is -1.35. The van der Waals surface area contributed by atoms with Crippen molar-refractivity contribution < 1.29 is 4.79 Å². The van der Waals surface area contributed by atoms with E-state index >= 15 is 0 Å². The predicted molar refractivity (Wildman–Crippen MR) is 78.0 cm³/mol. The third-order valence-corrected chi connectivity index (χ3v) is 4.02. The molecule has 0 spiro atoms. The number of amides is 1. The van der Waals surface area contributed by atoms with E-state index in [0.29, 0.717) is 0 Å². The van der Waals surface area contributed by atoms with Crippen molar-refractivity contribution in [1.82, 2.24) is 10.2 Å². The summed E-state index contributed by atoms with van der Waals surface area (Å²) in [6.45, 7) is 8.82. The van der Waals surface area contributed by atoms with Crippen LogP contribution in [0.2, 0.25) is 0 Å². The van der Waals surface area contributed by atoms with Crippen LogP contribution in [0.25, 0.3) is 0 Å². The van der Waals surface area contributed by atoms with E-state index in [4.69, 9.17) is 0 Å². The molecule has 0 saturated carbocycles. The van der Waals surface area contributed by atoms with Crippen molar-refractivity contribution >= 4 is 5.91 Å². The maximum Gasteiger partial charge on any atom is 0.239 e. The molecule has 1 unspecified atom stereocenters. The maximum atomic E-state index is 12.2. The van der Waals surface area contributed by atoms with Crippen molar-refractivity contribution in [2.45, 2.75) is 46.2 Å². The minimum Gasteiger partial charge on any atom is -0.341 e. The topological polar surface area (TPSA) is 32.3 Å². The van der Waals surface area contributed by atoms with E-state index in [2.05, 4.69) is 37.4 Å². The molecule has 2 rings (SSSR count). The number of carbonyl (C=O) groups excluding carboxylic acids is 1. The highest BCUT2D eigenvalue weighted by molar-refractivity contribution is 5.81. The predicted octanol–water partition coefficient (Wildman–Crippen LogP) is 2.40. The summed E-state index contributed by atoms with van der Waals surface area (Å²) in [6.07, 6.45) is 2.30. The summed E-state index contributed by atoms with van der Waals surface area (Å²) in [7, 11) is 0. The second-order valence-electron chi connectivity index (χ2n) is 5.51. The monoisotopic (exact) mass is 260 g/mol. The number of hydrogen-bond acceptors (Lipinski definition) is 2. The fourth-order valence-electron chi connectivity index (χ4n) is 2.68. The summed E-state index contributed by atoms with van der Waals surface area (Å²) in [6, 6.07) is 6.22. The molecule has 0 aromatic heterocycles. The number of hydrogen-bond donors (Lipinski definition) is 1. The van der Waals surface area contributed by atoms with Gasteiger partial charge in [-0.25, -0.2) is 0 Å². The van der Waals surface area contributed by atoms with Crippen LogP contribution in [-0.2, 0) is 11.3 Å². The number of likely N-dealkylation sites (tertiary alicyclic amines) is 1. The van der Waals surface area contributed by atoms with Crippen LogP contribution < -0.4 is 5.32 Å². The van der Waals surface area contributed by atoms with Crippen LogP contribution in [0.15, 0.2) is 18.2 Å². The number of benzene rings is 1.